The first-order valence-corrected chi connectivity index (χ1v) is 7.31. The van der Waals surface area contributed by atoms with Crippen LogP contribution in [0.3, 0.4) is 0 Å². The fourth-order valence-corrected chi connectivity index (χ4v) is 2.55. The number of hydrogen-bond acceptors (Lipinski definition) is 3. The van der Waals surface area contributed by atoms with Crippen molar-refractivity contribution in [3.8, 4) is 0 Å². The fourth-order valence-electron chi connectivity index (χ4n) is 2.55. The van der Waals surface area contributed by atoms with Crippen LogP contribution < -0.4 is 5.32 Å². The molecule has 6 heteroatoms. The number of anilines is 1. The number of alkyl halides is 3. The number of rotatable bonds is 4. The molecule has 0 saturated carbocycles. The first kappa shape index (κ1) is 16.1. The van der Waals surface area contributed by atoms with Gasteiger partial charge in [0, 0.05) is 11.8 Å². The molecule has 0 spiro atoms. The Balaban J connectivity index is 1.90. The van der Waals surface area contributed by atoms with Crippen LogP contribution in [0, 0.1) is 0 Å². The maximum atomic E-state index is 12.9. The van der Waals surface area contributed by atoms with Gasteiger partial charge in [-0.05, 0) is 29.8 Å². The van der Waals surface area contributed by atoms with Gasteiger partial charge in [0.15, 0.2) is 0 Å². The molecule has 24 heavy (non-hydrogen) atoms. The molecule has 1 aliphatic rings. The highest BCUT2D eigenvalue weighted by Crippen LogP contribution is 2.33. The van der Waals surface area contributed by atoms with Crippen molar-refractivity contribution in [3.05, 3.63) is 77.9 Å². The van der Waals surface area contributed by atoms with E-state index in [1.807, 2.05) is 30.3 Å². The maximum absolute atomic E-state index is 12.9. The SMILES string of the molecule is O=C1C=C[C@@H]([C@H](Nc2cccc(C(F)(F)F)c2)c2ccccc2)O1. The number of ether oxygens (including phenoxy) is 1. The first-order valence-electron chi connectivity index (χ1n) is 7.31. The molecule has 0 unspecified atom stereocenters. The molecular formula is C18H14F3NO2. The summed E-state index contributed by atoms with van der Waals surface area (Å²) >= 11 is 0. The second-order valence-corrected chi connectivity index (χ2v) is 5.37. The lowest BCUT2D eigenvalue weighted by Crippen LogP contribution is -2.25. The summed E-state index contributed by atoms with van der Waals surface area (Å²) in [7, 11) is 0. The van der Waals surface area contributed by atoms with Crippen LogP contribution in [0.25, 0.3) is 0 Å². The quantitative estimate of drug-likeness (QED) is 0.846. The lowest BCUT2D eigenvalue weighted by Gasteiger charge is -2.25. The number of halogens is 3. The number of nitrogens with one attached hydrogen (secondary N) is 1. The molecule has 0 amide bonds. The van der Waals surface area contributed by atoms with Gasteiger partial charge >= 0.3 is 12.1 Å². The Bertz CT molecular complexity index is 756. The zero-order chi connectivity index (χ0) is 17.2. The van der Waals surface area contributed by atoms with Gasteiger partial charge in [-0.3, -0.25) is 0 Å². The Labute approximate surface area is 136 Å². The van der Waals surface area contributed by atoms with Gasteiger partial charge in [0.05, 0.1) is 11.6 Å². The Morgan fingerprint density at radius 2 is 1.79 bits per heavy atom. The highest BCUT2D eigenvalue weighted by Gasteiger charge is 2.32. The van der Waals surface area contributed by atoms with Gasteiger partial charge in [-0.1, -0.05) is 36.4 Å². The third kappa shape index (κ3) is 3.59. The third-order valence-electron chi connectivity index (χ3n) is 3.67. The molecule has 0 fully saturated rings. The minimum Gasteiger partial charge on any atom is -0.452 e. The molecule has 0 aromatic heterocycles. The molecule has 1 heterocycles. The van der Waals surface area contributed by atoms with E-state index in [9.17, 15) is 18.0 Å². The number of cyclic esters (lactones) is 1. The second-order valence-electron chi connectivity index (χ2n) is 5.37. The molecule has 3 rings (SSSR count). The summed E-state index contributed by atoms with van der Waals surface area (Å²) in [5, 5.41) is 3.04. The normalized spacial score (nSPS) is 18.3. The Morgan fingerprint density at radius 3 is 2.42 bits per heavy atom. The van der Waals surface area contributed by atoms with Crippen molar-refractivity contribution in [1.82, 2.24) is 0 Å². The van der Waals surface area contributed by atoms with E-state index in [4.69, 9.17) is 4.74 Å². The highest BCUT2D eigenvalue weighted by molar-refractivity contribution is 5.84. The lowest BCUT2D eigenvalue weighted by molar-refractivity contribution is -0.139. The summed E-state index contributed by atoms with van der Waals surface area (Å²) in [5.74, 6) is -0.466. The van der Waals surface area contributed by atoms with E-state index < -0.39 is 29.9 Å². The average molecular weight is 333 g/mol. The molecule has 1 aliphatic heterocycles. The van der Waals surface area contributed by atoms with E-state index in [0.717, 1.165) is 17.7 Å². The van der Waals surface area contributed by atoms with Gasteiger partial charge in [0.1, 0.15) is 6.10 Å². The maximum Gasteiger partial charge on any atom is 0.416 e. The summed E-state index contributed by atoms with van der Waals surface area (Å²) in [5.41, 5.74) is 0.368. The number of carbonyl (C=O) groups is 1. The lowest BCUT2D eigenvalue weighted by atomic mass is 10.0. The predicted molar refractivity (Wildman–Crippen MR) is 83.3 cm³/mol. The molecule has 124 valence electrons. The summed E-state index contributed by atoms with van der Waals surface area (Å²) in [6, 6.07) is 13.6. The van der Waals surface area contributed by atoms with Gasteiger partial charge in [-0.25, -0.2) is 4.79 Å². The van der Waals surface area contributed by atoms with Crippen molar-refractivity contribution in [2.75, 3.05) is 5.32 Å². The van der Waals surface area contributed by atoms with Gasteiger partial charge in [-0.15, -0.1) is 0 Å². The standard InChI is InChI=1S/C18H14F3NO2/c19-18(20,21)13-7-4-8-14(11-13)22-17(12-5-2-1-3-6-12)15-9-10-16(23)24-15/h1-11,15,17,22H/t15-,17+/m0/s1. The molecule has 0 radical (unpaired) electrons. The van der Waals surface area contributed by atoms with Crippen LogP contribution in [0.4, 0.5) is 18.9 Å². The second kappa shape index (κ2) is 6.39. The molecule has 3 nitrogen and oxygen atoms in total. The van der Waals surface area contributed by atoms with Gasteiger partial charge in [0.25, 0.3) is 0 Å². The van der Waals surface area contributed by atoms with E-state index in [1.165, 1.54) is 12.1 Å². The molecule has 0 saturated heterocycles. The predicted octanol–water partition coefficient (Wildman–Crippen LogP) is 4.34. The summed E-state index contributed by atoms with van der Waals surface area (Å²) in [6.07, 6.45) is -2.09. The van der Waals surface area contributed by atoms with Crippen LogP contribution >= 0.6 is 0 Å². The van der Waals surface area contributed by atoms with Crippen molar-refractivity contribution >= 4 is 11.7 Å². The average Bonchev–Trinajstić information content (AvgIpc) is 2.99. The molecule has 1 N–H and O–H groups in total. The monoisotopic (exact) mass is 333 g/mol. The topological polar surface area (TPSA) is 38.3 Å². The number of carbonyl (C=O) groups excluding carboxylic acids is 1. The molecule has 2 atom stereocenters. The molecular weight excluding hydrogens is 319 g/mol. The highest BCUT2D eigenvalue weighted by atomic mass is 19.4. The van der Waals surface area contributed by atoms with Gasteiger partial charge in [-0.2, -0.15) is 13.2 Å². The van der Waals surface area contributed by atoms with Crippen molar-refractivity contribution in [1.29, 1.82) is 0 Å². The van der Waals surface area contributed by atoms with E-state index in [0.29, 0.717) is 5.69 Å². The molecule has 0 bridgehead atoms. The van der Waals surface area contributed by atoms with Crippen molar-refractivity contribution in [2.24, 2.45) is 0 Å². The Morgan fingerprint density at radius 1 is 1.04 bits per heavy atom. The molecule has 2 aromatic carbocycles. The van der Waals surface area contributed by atoms with Crippen LogP contribution in [0.5, 0.6) is 0 Å². The summed E-state index contributed by atoms with van der Waals surface area (Å²) in [4.78, 5) is 11.3. The third-order valence-corrected chi connectivity index (χ3v) is 3.67. The first-order chi connectivity index (χ1) is 11.4. The largest absolute Gasteiger partial charge is 0.452 e. The summed E-state index contributed by atoms with van der Waals surface area (Å²) in [6.45, 7) is 0. The fraction of sp³-hybridized carbons (Fsp3) is 0.167. The van der Waals surface area contributed by atoms with Crippen LogP contribution in [0.1, 0.15) is 17.2 Å². The van der Waals surface area contributed by atoms with E-state index in [1.54, 1.807) is 12.1 Å². The zero-order valence-corrected chi connectivity index (χ0v) is 12.5. The van der Waals surface area contributed by atoms with Gasteiger partial charge < -0.3 is 10.1 Å². The number of esters is 1. The van der Waals surface area contributed by atoms with Crippen LogP contribution in [0.2, 0.25) is 0 Å². The van der Waals surface area contributed by atoms with Crippen molar-refractivity contribution in [2.45, 2.75) is 18.3 Å². The smallest absolute Gasteiger partial charge is 0.416 e. The van der Waals surface area contributed by atoms with Crippen LogP contribution in [0.15, 0.2) is 66.7 Å². The number of hydrogen-bond donors (Lipinski definition) is 1. The van der Waals surface area contributed by atoms with E-state index in [2.05, 4.69) is 5.32 Å². The van der Waals surface area contributed by atoms with Crippen LogP contribution in [-0.2, 0) is 15.7 Å². The van der Waals surface area contributed by atoms with Gasteiger partial charge in [0.2, 0.25) is 0 Å². The van der Waals surface area contributed by atoms with E-state index >= 15 is 0 Å². The summed E-state index contributed by atoms with van der Waals surface area (Å²) < 4.78 is 43.8. The zero-order valence-electron chi connectivity index (χ0n) is 12.5. The van der Waals surface area contributed by atoms with E-state index in [-0.39, 0.29) is 0 Å². The Hall–Kier alpha value is -2.76. The van der Waals surface area contributed by atoms with Crippen LogP contribution in [-0.4, -0.2) is 12.1 Å². The minimum atomic E-state index is -4.42. The minimum absolute atomic E-state index is 0.301. The molecule has 2 aromatic rings. The number of benzene rings is 2. The Kier molecular flexibility index (Phi) is 4.29. The van der Waals surface area contributed by atoms with Crippen molar-refractivity contribution in [3.63, 3.8) is 0 Å². The molecule has 0 aliphatic carbocycles. The van der Waals surface area contributed by atoms with Crippen molar-refractivity contribution < 1.29 is 22.7 Å².